The zero-order chi connectivity index (χ0) is 11.3. The molecule has 15 heavy (non-hydrogen) atoms. The molecule has 1 rings (SSSR count). The number of hydrogen-bond acceptors (Lipinski definition) is 2. The molecule has 0 spiro atoms. The van der Waals surface area contributed by atoms with Crippen molar-refractivity contribution in [1.82, 2.24) is 0 Å². The van der Waals surface area contributed by atoms with Gasteiger partial charge in [-0.2, -0.15) is 0 Å². The van der Waals surface area contributed by atoms with Crippen LogP contribution in [0.3, 0.4) is 0 Å². The van der Waals surface area contributed by atoms with Crippen LogP contribution in [-0.2, 0) is 11.3 Å². The van der Waals surface area contributed by atoms with Gasteiger partial charge in [-0.3, -0.25) is 0 Å². The maximum absolute atomic E-state index is 5.30. The summed E-state index contributed by atoms with van der Waals surface area (Å²) in [6.45, 7) is 1.17. The van der Waals surface area contributed by atoms with E-state index in [-0.39, 0.29) is 0 Å². The van der Waals surface area contributed by atoms with Gasteiger partial charge in [0, 0.05) is 24.2 Å². The number of ether oxygens (including phenoxy) is 1. The highest BCUT2D eigenvalue weighted by Crippen LogP contribution is 2.29. The Kier molecular flexibility index (Phi) is 4.67. The van der Waals surface area contributed by atoms with Crippen LogP contribution in [0.5, 0.6) is 0 Å². The lowest BCUT2D eigenvalue weighted by atomic mass is 10.1. The van der Waals surface area contributed by atoms with Crippen molar-refractivity contribution in [2.45, 2.75) is 6.61 Å². The number of terminal acetylenes is 1. The van der Waals surface area contributed by atoms with Gasteiger partial charge < -0.3 is 9.64 Å². The Morgan fingerprint density at radius 2 is 2.27 bits per heavy atom. The summed E-state index contributed by atoms with van der Waals surface area (Å²) in [5, 5.41) is 0. The summed E-state index contributed by atoms with van der Waals surface area (Å²) in [4.78, 5) is 2.03. The number of para-hydroxylation sites is 1. The Hall–Kier alpha value is -0.980. The fourth-order valence-electron chi connectivity index (χ4n) is 1.48. The van der Waals surface area contributed by atoms with Crippen molar-refractivity contribution >= 4 is 21.6 Å². The molecule has 80 valence electrons. The van der Waals surface area contributed by atoms with Crippen molar-refractivity contribution in [2.24, 2.45) is 0 Å². The standard InChI is InChI=1S/C12H14BrNO/c1-4-8-14(2)12-10(9-15-3)6-5-7-11(12)13/h1,5-7H,8-9H2,2-3H3. The number of benzene rings is 1. The highest BCUT2D eigenvalue weighted by atomic mass is 79.9. The van der Waals surface area contributed by atoms with Gasteiger partial charge in [0.2, 0.25) is 0 Å². The number of hydrogen-bond donors (Lipinski definition) is 0. The van der Waals surface area contributed by atoms with Crippen LogP contribution in [0.25, 0.3) is 0 Å². The molecule has 0 fully saturated rings. The predicted octanol–water partition coefficient (Wildman–Crippen LogP) is 2.66. The van der Waals surface area contributed by atoms with Gasteiger partial charge in [0.25, 0.3) is 0 Å². The van der Waals surface area contributed by atoms with Gasteiger partial charge in [-0.25, -0.2) is 0 Å². The van der Waals surface area contributed by atoms with Crippen LogP contribution in [0.4, 0.5) is 5.69 Å². The van der Waals surface area contributed by atoms with Crippen molar-refractivity contribution < 1.29 is 4.74 Å². The zero-order valence-corrected chi connectivity index (χ0v) is 10.5. The number of nitrogens with zero attached hydrogens (tertiary/aromatic N) is 1. The molecule has 0 aromatic heterocycles. The molecular weight excluding hydrogens is 254 g/mol. The summed E-state index contributed by atoms with van der Waals surface area (Å²) >= 11 is 3.52. The fourth-order valence-corrected chi connectivity index (χ4v) is 2.19. The number of methoxy groups -OCH3 is 1. The predicted molar refractivity (Wildman–Crippen MR) is 67.0 cm³/mol. The van der Waals surface area contributed by atoms with E-state index in [1.165, 1.54) is 0 Å². The summed E-state index contributed by atoms with van der Waals surface area (Å²) in [6.07, 6.45) is 5.30. The minimum Gasteiger partial charge on any atom is -0.380 e. The number of rotatable bonds is 4. The van der Waals surface area contributed by atoms with E-state index in [0.29, 0.717) is 13.2 Å². The molecule has 0 aliphatic carbocycles. The molecule has 0 aliphatic rings. The topological polar surface area (TPSA) is 12.5 Å². The molecule has 0 bridgehead atoms. The van der Waals surface area contributed by atoms with Crippen molar-refractivity contribution in [2.75, 3.05) is 25.6 Å². The van der Waals surface area contributed by atoms with E-state index in [1.807, 2.05) is 30.1 Å². The molecule has 0 heterocycles. The summed E-state index contributed by atoms with van der Waals surface area (Å²) in [5.74, 6) is 2.63. The molecular formula is C12H14BrNO. The van der Waals surface area contributed by atoms with Crippen LogP contribution in [0.2, 0.25) is 0 Å². The van der Waals surface area contributed by atoms with Gasteiger partial charge in [-0.15, -0.1) is 6.42 Å². The molecule has 3 heteroatoms. The molecule has 0 N–H and O–H groups in total. The van der Waals surface area contributed by atoms with Crippen LogP contribution >= 0.6 is 15.9 Å². The maximum Gasteiger partial charge on any atom is 0.0788 e. The molecule has 1 aromatic rings. The van der Waals surface area contributed by atoms with Crippen LogP contribution in [0.1, 0.15) is 5.56 Å². The third kappa shape index (κ3) is 2.98. The van der Waals surface area contributed by atoms with Gasteiger partial charge in [0.05, 0.1) is 18.8 Å². The normalized spacial score (nSPS) is 9.73. The molecule has 0 radical (unpaired) electrons. The summed E-state index contributed by atoms with van der Waals surface area (Å²) in [7, 11) is 3.66. The lowest BCUT2D eigenvalue weighted by Crippen LogP contribution is -2.19. The summed E-state index contributed by atoms with van der Waals surface area (Å²) < 4.78 is 6.19. The summed E-state index contributed by atoms with van der Waals surface area (Å²) in [5.41, 5.74) is 2.22. The van der Waals surface area contributed by atoms with Crippen molar-refractivity contribution in [1.29, 1.82) is 0 Å². The Morgan fingerprint density at radius 3 is 2.87 bits per heavy atom. The van der Waals surface area contributed by atoms with E-state index < -0.39 is 0 Å². The lowest BCUT2D eigenvalue weighted by Gasteiger charge is -2.21. The van der Waals surface area contributed by atoms with Crippen LogP contribution in [-0.4, -0.2) is 20.7 Å². The van der Waals surface area contributed by atoms with E-state index in [9.17, 15) is 0 Å². The van der Waals surface area contributed by atoms with E-state index in [0.717, 1.165) is 15.7 Å². The molecule has 0 saturated carbocycles. The Bertz CT molecular complexity index is 370. The average Bonchev–Trinajstić information content (AvgIpc) is 2.18. The first-order valence-corrected chi connectivity index (χ1v) is 5.41. The molecule has 0 saturated heterocycles. The van der Waals surface area contributed by atoms with Crippen LogP contribution in [0.15, 0.2) is 22.7 Å². The van der Waals surface area contributed by atoms with Gasteiger partial charge in [-0.1, -0.05) is 18.1 Å². The smallest absolute Gasteiger partial charge is 0.0788 e. The Balaban J connectivity index is 3.07. The minimum absolute atomic E-state index is 0.583. The van der Waals surface area contributed by atoms with Crippen LogP contribution < -0.4 is 4.90 Å². The van der Waals surface area contributed by atoms with E-state index in [1.54, 1.807) is 7.11 Å². The van der Waals surface area contributed by atoms with E-state index in [4.69, 9.17) is 11.2 Å². The minimum atomic E-state index is 0.583. The second-order valence-corrected chi connectivity index (χ2v) is 4.10. The van der Waals surface area contributed by atoms with Gasteiger partial charge in [0.15, 0.2) is 0 Å². The summed E-state index contributed by atoms with van der Waals surface area (Å²) in [6, 6.07) is 6.03. The number of anilines is 1. The first kappa shape index (κ1) is 12.1. The SMILES string of the molecule is C#CCN(C)c1c(Br)cccc1COC. The van der Waals surface area contributed by atoms with Gasteiger partial charge >= 0.3 is 0 Å². The lowest BCUT2D eigenvalue weighted by molar-refractivity contribution is 0.185. The average molecular weight is 268 g/mol. The quantitative estimate of drug-likeness (QED) is 0.778. The van der Waals surface area contributed by atoms with Gasteiger partial charge in [-0.05, 0) is 22.0 Å². The van der Waals surface area contributed by atoms with E-state index >= 15 is 0 Å². The van der Waals surface area contributed by atoms with Crippen molar-refractivity contribution in [3.05, 3.63) is 28.2 Å². The molecule has 0 aliphatic heterocycles. The largest absolute Gasteiger partial charge is 0.380 e. The molecule has 2 nitrogen and oxygen atoms in total. The molecule has 0 atom stereocenters. The Morgan fingerprint density at radius 1 is 1.53 bits per heavy atom. The Labute approximate surface area is 99.4 Å². The molecule has 0 amide bonds. The first-order valence-electron chi connectivity index (χ1n) is 4.61. The first-order chi connectivity index (χ1) is 7.20. The highest BCUT2D eigenvalue weighted by Gasteiger charge is 2.09. The third-order valence-corrected chi connectivity index (χ3v) is 2.72. The van der Waals surface area contributed by atoms with Crippen LogP contribution in [0, 0.1) is 12.3 Å². The van der Waals surface area contributed by atoms with Crippen molar-refractivity contribution in [3.63, 3.8) is 0 Å². The molecule has 0 unspecified atom stereocenters. The monoisotopic (exact) mass is 267 g/mol. The maximum atomic E-state index is 5.30. The van der Waals surface area contributed by atoms with Gasteiger partial charge in [0.1, 0.15) is 0 Å². The number of halogens is 1. The second kappa shape index (κ2) is 5.79. The fraction of sp³-hybridized carbons (Fsp3) is 0.333. The van der Waals surface area contributed by atoms with Crippen molar-refractivity contribution in [3.8, 4) is 12.3 Å². The highest BCUT2D eigenvalue weighted by molar-refractivity contribution is 9.10. The van der Waals surface area contributed by atoms with E-state index in [2.05, 4.69) is 21.9 Å². The molecule has 1 aromatic carbocycles. The zero-order valence-electron chi connectivity index (χ0n) is 8.96. The second-order valence-electron chi connectivity index (χ2n) is 3.24. The third-order valence-electron chi connectivity index (χ3n) is 2.08.